The van der Waals surface area contributed by atoms with Crippen molar-refractivity contribution in [1.82, 2.24) is 10.2 Å². The van der Waals surface area contributed by atoms with Crippen LogP contribution in [0.3, 0.4) is 0 Å². The molecular formula is C15H13N3O2. The number of nitrogens with one attached hydrogen (secondary N) is 2. The number of H-pyrrole nitrogens is 1. The molecule has 0 unspecified atom stereocenters. The van der Waals surface area contributed by atoms with E-state index in [-0.39, 0.29) is 18.1 Å². The Labute approximate surface area is 115 Å². The number of nitrogens with zero attached hydrogens (tertiary/aromatic N) is 1. The highest BCUT2D eigenvalue weighted by Gasteiger charge is 2.05. The van der Waals surface area contributed by atoms with Gasteiger partial charge in [-0.25, -0.2) is 0 Å². The van der Waals surface area contributed by atoms with Crippen LogP contribution in [0.1, 0.15) is 5.56 Å². The van der Waals surface area contributed by atoms with Crippen molar-refractivity contribution >= 4 is 22.5 Å². The summed E-state index contributed by atoms with van der Waals surface area (Å²) in [7, 11) is 0. The molecular weight excluding hydrogens is 254 g/mol. The van der Waals surface area contributed by atoms with Gasteiger partial charge in [-0.1, -0.05) is 12.1 Å². The summed E-state index contributed by atoms with van der Waals surface area (Å²) in [6.07, 6.45) is 1.98. The molecule has 3 N–H and O–H groups in total. The van der Waals surface area contributed by atoms with Gasteiger partial charge in [0.15, 0.2) is 0 Å². The summed E-state index contributed by atoms with van der Waals surface area (Å²) in [5.74, 6) is 0.0955. The molecule has 0 radical (unpaired) electrons. The van der Waals surface area contributed by atoms with Crippen LogP contribution in [0.2, 0.25) is 0 Å². The van der Waals surface area contributed by atoms with E-state index in [0.717, 1.165) is 22.2 Å². The topological polar surface area (TPSA) is 78.0 Å². The number of aromatic hydroxyl groups is 1. The van der Waals surface area contributed by atoms with Crippen molar-refractivity contribution in [3.05, 3.63) is 54.2 Å². The molecule has 0 spiro atoms. The molecule has 0 saturated heterocycles. The Morgan fingerprint density at radius 2 is 2.00 bits per heavy atom. The van der Waals surface area contributed by atoms with Crippen molar-refractivity contribution in [3.8, 4) is 5.75 Å². The van der Waals surface area contributed by atoms with E-state index in [0.29, 0.717) is 0 Å². The first-order valence-corrected chi connectivity index (χ1v) is 6.21. The summed E-state index contributed by atoms with van der Waals surface area (Å²) >= 11 is 0. The SMILES string of the molecule is O=C(Cc1ccc(O)cc1)Nc1ccc2[nH]ncc2c1. The summed E-state index contributed by atoms with van der Waals surface area (Å²) in [6.45, 7) is 0. The number of aromatic amines is 1. The highest BCUT2D eigenvalue weighted by molar-refractivity contribution is 5.94. The molecule has 0 atom stereocenters. The first kappa shape index (κ1) is 12.2. The minimum absolute atomic E-state index is 0.0986. The number of benzene rings is 2. The third-order valence-electron chi connectivity index (χ3n) is 3.02. The normalized spacial score (nSPS) is 10.6. The molecule has 0 aliphatic carbocycles. The van der Waals surface area contributed by atoms with Crippen LogP contribution >= 0.6 is 0 Å². The number of amides is 1. The molecule has 0 aliphatic heterocycles. The second kappa shape index (κ2) is 5.05. The summed E-state index contributed by atoms with van der Waals surface area (Å²) in [6, 6.07) is 12.2. The number of phenols is 1. The summed E-state index contributed by atoms with van der Waals surface area (Å²) in [4.78, 5) is 11.9. The molecule has 3 rings (SSSR count). The molecule has 1 amide bonds. The average molecular weight is 267 g/mol. The number of anilines is 1. The van der Waals surface area contributed by atoms with Crippen LogP contribution in [0.15, 0.2) is 48.7 Å². The number of fused-ring (bicyclic) bond motifs is 1. The molecule has 100 valence electrons. The lowest BCUT2D eigenvalue weighted by Crippen LogP contribution is -2.14. The maximum Gasteiger partial charge on any atom is 0.228 e. The molecule has 5 heteroatoms. The third kappa shape index (κ3) is 2.61. The van der Waals surface area contributed by atoms with E-state index >= 15 is 0 Å². The maximum atomic E-state index is 11.9. The van der Waals surface area contributed by atoms with E-state index in [1.165, 1.54) is 0 Å². The van der Waals surface area contributed by atoms with E-state index in [1.54, 1.807) is 30.5 Å². The molecule has 0 fully saturated rings. The Morgan fingerprint density at radius 1 is 1.20 bits per heavy atom. The van der Waals surface area contributed by atoms with Crippen molar-refractivity contribution < 1.29 is 9.90 Å². The zero-order chi connectivity index (χ0) is 13.9. The quantitative estimate of drug-likeness (QED) is 0.682. The lowest BCUT2D eigenvalue weighted by Gasteiger charge is -2.05. The summed E-state index contributed by atoms with van der Waals surface area (Å²) in [5, 5.41) is 19.8. The fourth-order valence-electron chi connectivity index (χ4n) is 2.02. The first-order valence-electron chi connectivity index (χ1n) is 6.21. The van der Waals surface area contributed by atoms with E-state index in [4.69, 9.17) is 0 Å². The Kier molecular flexibility index (Phi) is 3.09. The number of hydrogen-bond acceptors (Lipinski definition) is 3. The maximum absolute atomic E-state index is 11.9. The molecule has 0 bridgehead atoms. The van der Waals surface area contributed by atoms with E-state index < -0.39 is 0 Å². The van der Waals surface area contributed by atoms with Gasteiger partial charge in [0.1, 0.15) is 5.75 Å². The summed E-state index contributed by atoms with van der Waals surface area (Å²) in [5.41, 5.74) is 2.52. The Bertz CT molecular complexity index is 747. The van der Waals surface area contributed by atoms with Crippen molar-refractivity contribution in [2.75, 3.05) is 5.32 Å². The van der Waals surface area contributed by atoms with Gasteiger partial charge in [0.25, 0.3) is 0 Å². The standard InChI is InChI=1S/C15H13N3O2/c19-13-4-1-10(2-5-13)7-15(20)17-12-3-6-14-11(8-12)9-16-18-14/h1-6,8-9,19H,7H2,(H,16,18)(H,17,20). The van der Waals surface area contributed by atoms with E-state index in [1.807, 2.05) is 18.2 Å². The smallest absolute Gasteiger partial charge is 0.228 e. The second-order valence-electron chi connectivity index (χ2n) is 4.56. The van der Waals surface area contributed by atoms with Crippen molar-refractivity contribution in [3.63, 3.8) is 0 Å². The van der Waals surface area contributed by atoms with Crippen molar-refractivity contribution in [2.45, 2.75) is 6.42 Å². The monoisotopic (exact) mass is 267 g/mol. The Morgan fingerprint density at radius 3 is 2.80 bits per heavy atom. The number of carbonyl (C=O) groups is 1. The Hall–Kier alpha value is -2.82. The molecule has 0 saturated carbocycles. The van der Waals surface area contributed by atoms with Gasteiger partial charge in [-0.2, -0.15) is 5.10 Å². The van der Waals surface area contributed by atoms with Crippen LogP contribution in [0.5, 0.6) is 5.75 Å². The lowest BCUT2D eigenvalue weighted by molar-refractivity contribution is -0.115. The van der Waals surface area contributed by atoms with Crippen LogP contribution in [-0.4, -0.2) is 21.2 Å². The molecule has 1 aromatic heterocycles. The van der Waals surface area contributed by atoms with Crippen LogP contribution in [0.25, 0.3) is 10.9 Å². The fourth-order valence-corrected chi connectivity index (χ4v) is 2.02. The van der Waals surface area contributed by atoms with Gasteiger partial charge >= 0.3 is 0 Å². The molecule has 2 aromatic carbocycles. The van der Waals surface area contributed by atoms with Gasteiger partial charge < -0.3 is 10.4 Å². The van der Waals surface area contributed by atoms with Gasteiger partial charge in [-0.15, -0.1) is 0 Å². The lowest BCUT2D eigenvalue weighted by atomic mass is 10.1. The third-order valence-corrected chi connectivity index (χ3v) is 3.02. The predicted molar refractivity (Wildman–Crippen MR) is 76.5 cm³/mol. The fraction of sp³-hybridized carbons (Fsp3) is 0.0667. The molecule has 0 aliphatic rings. The van der Waals surface area contributed by atoms with Crippen LogP contribution in [0, 0.1) is 0 Å². The van der Waals surface area contributed by atoms with Gasteiger partial charge in [-0.3, -0.25) is 9.89 Å². The molecule has 3 aromatic rings. The van der Waals surface area contributed by atoms with Gasteiger partial charge in [-0.05, 0) is 35.9 Å². The van der Waals surface area contributed by atoms with Crippen LogP contribution < -0.4 is 5.32 Å². The average Bonchev–Trinajstić information content (AvgIpc) is 2.89. The van der Waals surface area contributed by atoms with E-state index in [2.05, 4.69) is 15.5 Å². The number of phenolic OH excluding ortho intramolecular Hbond substituents is 1. The predicted octanol–water partition coefficient (Wildman–Crippen LogP) is 2.45. The van der Waals surface area contributed by atoms with Gasteiger partial charge in [0, 0.05) is 11.1 Å². The molecule has 5 nitrogen and oxygen atoms in total. The number of aromatic nitrogens is 2. The minimum atomic E-state index is -0.0986. The zero-order valence-corrected chi connectivity index (χ0v) is 10.6. The van der Waals surface area contributed by atoms with E-state index in [9.17, 15) is 9.90 Å². The molecule has 1 heterocycles. The second-order valence-corrected chi connectivity index (χ2v) is 4.56. The first-order chi connectivity index (χ1) is 9.70. The zero-order valence-electron chi connectivity index (χ0n) is 10.6. The molecule has 20 heavy (non-hydrogen) atoms. The number of carbonyl (C=O) groups excluding carboxylic acids is 1. The van der Waals surface area contributed by atoms with Crippen molar-refractivity contribution in [2.24, 2.45) is 0 Å². The number of rotatable bonds is 3. The largest absolute Gasteiger partial charge is 0.508 e. The van der Waals surface area contributed by atoms with Crippen LogP contribution in [-0.2, 0) is 11.2 Å². The Balaban J connectivity index is 1.70. The van der Waals surface area contributed by atoms with Gasteiger partial charge in [0.2, 0.25) is 5.91 Å². The van der Waals surface area contributed by atoms with Gasteiger partial charge in [0.05, 0.1) is 18.1 Å². The number of hydrogen-bond donors (Lipinski definition) is 3. The van der Waals surface area contributed by atoms with Crippen molar-refractivity contribution in [1.29, 1.82) is 0 Å². The highest BCUT2D eigenvalue weighted by atomic mass is 16.3. The minimum Gasteiger partial charge on any atom is -0.508 e. The van der Waals surface area contributed by atoms with Crippen LogP contribution in [0.4, 0.5) is 5.69 Å². The highest BCUT2D eigenvalue weighted by Crippen LogP contribution is 2.17. The summed E-state index contributed by atoms with van der Waals surface area (Å²) < 4.78 is 0.